The number of phenols is 1. The highest BCUT2D eigenvalue weighted by molar-refractivity contribution is 5.93. The molecular weight excluding hydrogens is 444 g/mol. The molecule has 2 heterocycles. The van der Waals surface area contributed by atoms with E-state index in [9.17, 15) is 29.4 Å². The first-order chi connectivity index (χ1) is 16.2. The van der Waals surface area contributed by atoms with Crippen LogP contribution >= 0.6 is 0 Å². The fourth-order valence-corrected chi connectivity index (χ4v) is 3.84. The van der Waals surface area contributed by atoms with E-state index in [1.54, 1.807) is 12.1 Å². The Morgan fingerprint density at radius 2 is 1.94 bits per heavy atom. The number of H-pyrrole nitrogens is 1. The molecule has 1 saturated heterocycles. The number of aliphatic carboxylic acids is 1. The van der Waals surface area contributed by atoms with E-state index in [1.165, 1.54) is 29.6 Å². The number of carbonyl (C=O) groups excluding carboxylic acids is 3. The van der Waals surface area contributed by atoms with Gasteiger partial charge in [0.25, 0.3) is 0 Å². The van der Waals surface area contributed by atoms with Crippen molar-refractivity contribution in [3.63, 3.8) is 0 Å². The van der Waals surface area contributed by atoms with Crippen LogP contribution in [0.3, 0.4) is 0 Å². The second-order valence-corrected chi connectivity index (χ2v) is 8.12. The summed E-state index contributed by atoms with van der Waals surface area (Å²) in [4.78, 5) is 57.2. The lowest BCUT2D eigenvalue weighted by molar-refractivity contribution is -0.142. The number of likely N-dealkylation sites (tertiary alicyclic amines) is 1. The zero-order valence-corrected chi connectivity index (χ0v) is 18.4. The number of aromatic amines is 1. The molecule has 0 aliphatic carbocycles. The Bertz CT molecular complexity index is 1010. The molecule has 3 unspecified atom stereocenters. The average Bonchev–Trinajstić information content (AvgIpc) is 3.50. The predicted octanol–water partition coefficient (Wildman–Crippen LogP) is -1.10. The van der Waals surface area contributed by atoms with Gasteiger partial charge >= 0.3 is 5.97 Å². The van der Waals surface area contributed by atoms with Crippen LogP contribution in [-0.2, 0) is 32.0 Å². The number of hydrogen-bond acceptors (Lipinski definition) is 7. The molecule has 1 aliphatic heterocycles. The highest BCUT2D eigenvalue weighted by atomic mass is 16.4. The lowest BCUT2D eigenvalue weighted by Crippen LogP contribution is -2.53. The summed E-state index contributed by atoms with van der Waals surface area (Å²) in [6.07, 6.45) is 4.18. The van der Waals surface area contributed by atoms with Crippen molar-refractivity contribution in [1.29, 1.82) is 0 Å². The maximum Gasteiger partial charge on any atom is 0.326 e. The van der Waals surface area contributed by atoms with Gasteiger partial charge in [0.2, 0.25) is 17.7 Å². The molecule has 0 spiro atoms. The molecule has 182 valence electrons. The molecule has 34 heavy (non-hydrogen) atoms. The highest BCUT2D eigenvalue weighted by Crippen LogP contribution is 2.19. The summed E-state index contributed by atoms with van der Waals surface area (Å²) in [5, 5.41) is 23.6. The molecule has 1 fully saturated rings. The van der Waals surface area contributed by atoms with Gasteiger partial charge in [-0.15, -0.1) is 0 Å². The smallest absolute Gasteiger partial charge is 0.326 e. The van der Waals surface area contributed by atoms with Crippen LogP contribution in [0.1, 0.15) is 24.1 Å². The number of aromatic hydroxyl groups is 1. The quantitative estimate of drug-likeness (QED) is 0.251. The van der Waals surface area contributed by atoms with Gasteiger partial charge in [0, 0.05) is 24.9 Å². The van der Waals surface area contributed by atoms with E-state index in [-0.39, 0.29) is 24.5 Å². The maximum atomic E-state index is 12.9. The number of nitrogens with one attached hydrogen (secondary N) is 3. The monoisotopic (exact) mass is 472 g/mol. The SMILES string of the molecule is NC(Cc1ccc(O)cc1)C(=O)N1CCCC1C(=O)NCC(=O)NC(Cc1cnc[nH]1)C(=O)O. The van der Waals surface area contributed by atoms with E-state index in [1.807, 2.05) is 0 Å². The van der Waals surface area contributed by atoms with Crippen molar-refractivity contribution in [3.8, 4) is 5.75 Å². The average molecular weight is 473 g/mol. The number of nitrogens with zero attached hydrogens (tertiary/aromatic N) is 2. The first kappa shape index (κ1) is 24.7. The van der Waals surface area contributed by atoms with Crippen LogP contribution in [0.5, 0.6) is 5.75 Å². The molecule has 0 radical (unpaired) electrons. The molecule has 3 rings (SSSR count). The third kappa shape index (κ3) is 6.54. The number of rotatable bonds is 10. The zero-order chi connectivity index (χ0) is 24.7. The minimum atomic E-state index is -1.22. The van der Waals surface area contributed by atoms with Gasteiger partial charge in [-0.05, 0) is 37.0 Å². The Morgan fingerprint density at radius 3 is 2.59 bits per heavy atom. The predicted molar refractivity (Wildman–Crippen MR) is 119 cm³/mol. The Hall–Kier alpha value is -3.93. The minimum absolute atomic E-state index is 0.0127. The third-order valence-electron chi connectivity index (χ3n) is 5.58. The summed E-state index contributed by atoms with van der Waals surface area (Å²) in [5.74, 6) is -2.65. The second-order valence-electron chi connectivity index (χ2n) is 8.12. The largest absolute Gasteiger partial charge is 0.508 e. The normalized spacial score (nSPS) is 17.1. The molecule has 7 N–H and O–H groups in total. The number of nitrogens with two attached hydrogens (primary N) is 1. The van der Waals surface area contributed by atoms with Crippen molar-refractivity contribution < 1.29 is 29.4 Å². The van der Waals surface area contributed by atoms with Gasteiger partial charge in [-0.2, -0.15) is 0 Å². The van der Waals surface area contributed by atoms with Gasteiger partial charge < -0.3 is 36.5 Å². The van der Waals surface area contributed by atoms with E-state index in [0.717, 1.165) is 5.56 Å². The van der Waals surface area contributed by atoms with Crippen molar-refractivity contribution in [2.24, 2.45) is 5.73 Å². The third-order valence-corrected chi connectivity index (χ3v) is 5.58. The van der Waals surface area contributed by atoms with Crippen molar-refractivity contribution >= 4 is 23.7 Å². The Kier molecular flexibility index (Phi) is 8.19. The van der Waals surface area contributed by atoms with Crippen LogP contribution in [0.4, 0.5) is 0 Å². The lowest BCUT2D eigenvalue weighted by Gasteiger charge is -2.26. The number of carboxylic acid groups (broad SMARTS) is 1. The van der Waals surface area contributed by atoms with Gasteiger partial charge in [0.1, 0.15) is 17.8 Å². The Labute approximate surface area is 195 Å². The van der Waals surface area contributed by atoms with Crippen LogP contribution in [-0.4, -0.2) is 80.0 Å². The van der Waals surface area contributed by atoms with Gasteiger partial charge in [-0.1, -0.05) is 12.1 Å². The zero-order valence-electron chi connectivity index (χ0n) is 18.4. The standard InChI is InChI=1S/C22H28N6O6/c23-16(8-13-3-5-15(29)6-4-13)21(32)28-7-1-2-18(28)20(31)25-11-19(30)27-17(22(33)34)9-14-10-24-12-26-14/h3-6,10,12,16-18,29H,1-2,7-9,11,23H2,(H,24,26)(H,25,31)(H,27,30)(H,33,34). The summed E-state index contributed by atoms with van der Waals surface area (Å²) in [6.45, 7) is -0.0542. The second kappa shape index (κ2) is 11.3. The lowest BCUT2D eigenvalue weighted by atomic mass is 10.0. The summed E-state index contributed by atoms with van der Waals surface area (Å²) in [7, 11) is 0. The van der Waals surface area contributed by atoms with Crippen molar-refractivity contribution in [1.82, 2.24) is 25.5 Å². The van der Waals surface area contributed by atoms with Crippen LogP contribution in [0.15, 0.2) is 36.8 Å². The minimum Gasteiger partial charge on any atom is -0.508 e. The van der Waals surface area contributed by atoms with E-state index in [2.05, 4.69) is 20.6 Å². The Balaban J connectivity index is 1.51. The van der Waals surface area contributed by atoms with Crippen LogP contribution < -0.4 is 16.4 Å². The molecule has 3 amide bonds. The van der Waals surface area contributed by atoms with Crippen molar-refractivity contribution in [2.45, 2.75) is 43.8 Å². The molecule has 0 bridgehead atoms. The number of amides is 3. The molecular formula is C22H28N6O6. The summed E-state index contributed by atoms with van der Waals surface area (Å²) < 4.78 is 0. The summed E-state index contributed by atoms with van der Waals surface area (Å²) in [6, 6.07) is 3.55. The van der Waals surface area contributed by atoms with Crippen LogP contribution in [0.2, 0.25) is 0 Å². The highest BCUT2D eigenvalue weighted by Gasteiger charge is 2.36. The van der Waals surface area contributed by atoms with Gasteiger partial charge in [-0.3, -0.25) is 14.4 Å². The van der Waals surface area contributed by atoms with Gasteiger partial charge in [0.05, 0.1) is 18.9 Å². The first-order valence-corrected chi connectivity index (χ1v) is 10.9. The van der Waals surface area contributed by atoms with Crippen molar-refractivity contribution in [2.75, 3.05) is 13.1 Å². The van der Waals surface area contributed by atoms with Gasteiger partial charge in [0.15, 0.2) is 0 Å². The van der Waals surface area contributed by atoms with E-state index < -0.39 is 42.5 Å². The topological polar surface area (TPSA) is 191 Å². The number of phenolic OH excluding ortho intramolecular Hbond substituents is 1. The van der Waals surface area contributed by atoms with Crippen LogP contribution in [0.25, 0.3) is 0 Å². The maximum absolute atomic E-state index is 12.9. The number of carboxylic acids is 1. The summed E-state index contributed by atoms with van der Waals surface area (Å²) >= 11 is 0. The molecule has 12 heteroatoms. The van der Waals surface area contributed by atoms with Gasteiger partial charge in [-0.25, -0.2) is 9.78 Å². The molecule has 1 aromatic carbocycles. The summed E-state index contributed by atoms with van der Waals surface area (Å²) in [5.41, 5.74) is 7.40. The van der Waals surface area contributed by atoms with Crippen LogP contribution in [0, 0.1) is 0 Å². The number of hydrogen-bond donors (Lipinski definition) is 6. The number of benzene rings is 1. The Morgan fingerprint density at radius 1 is 1.21 bits per heavy atom. The fraction of sp³-hybridized carbons (Fsp3) is 0.409. The molecule has 12 nitrogen and oxygen atoms in total. The number of carbonyl (C=O) groups is 4. The van der Waals surface area contributed by atoms with E-state index >= 15 is 0 Å². The molecule has 1 aromatic heterocycles. The number of aromatic nitrogens is 2. The van der Waals surface area contributed by atoms with Crippen molar-refractivity contribution in [3.05, 3.63) is 48.0 Å². The molecule has 2 aromatic rings. The molecule has 1 aliphatic rings. The van der Waals surface area contributed by atoms with E-state index in [4.69, 9.17) is 5.73 Å². The van der Waals surface area contributed by atoms with E-state index in [0.29, 0.717) is 25.1 Å². The first-order valence-electron chi connectivity index (χ1n) is 10.9. The fourth-order valence-electron chi connectivity index (χ4n) is 3.84. The number of imidazole rings is 1. The molecule has 0 saturated carbocycles. The molecule has 3 atom stereocenters.